The summed E-state index contributed by atoms with van der Waals surface area (Å²) in [5.41, 5.74) is 1.84. The Labute approximate surface area is 112 Å². The zero-order valence-corrected chi connectivity index (χ0v) is 11.5. The minimum atomic E-state index is -0.250. The monoisotopic (exact) mass is 262 g/mol. The van der Waals surface area contributed by atoms with Gasteiger partial charge in [0.05, 0.1) is 24.8 Å². The molecular weight excluding hydrogens is 244 g/mol. The second-order valence-electron chi connectivity index (χ2n) is 4.11. The molecule has 0 aliphatic heterocycles. The zero-order chi connectivity index (χ0) is 13.8. The number of carbonyl (C=O) groups is 1. The molecule has 102 valence electrons. The van der Waals surface area contributed by atoms with Crippen LogP contribution in [0.25, 0.3) is 11.0 Å². The van der Waals surface area contributed by atoms with Crippen molar-refractivity contribution in [3.63, 3.8) is 0 Å². The van der Waals surface area contributed by atoms with E-state index in [1.807, 2.05) is 29.7 Å². The van der Waals surface area contributed by atoms with Gasteiger partial charge in [0.25, 0.3) is 0 Å². The fourth-order valence-electron chi connectivity index (χ4n) is 2.12. The van der Waals surface area contributed by atoms with Crippen LogP contribution in [0, 0.1) is 0 Å². The molecule has 5 nitrogen and oxygen atoms in total. The fraction of sp³-hybridized carbons (Fsp3) is 0.429. The Morgan fingerprint density at radius 1 is 1.37 bits per heavy atom. The van der Waals surface area contributed by atoms with Crippen molar-refractivity contribution in [1.29, 1.82) is 0 Å². The lowest BCUT2D eigenvalue weighted by molar-refractivity contribution is -0.142. The third-order valence-corrected chi connectivity index (χ3v) is 2.96. The maximum absolute atomic E-state index is 11.6. The summed E-state index contributed by atoms with van der Waals surface area (Å²) in [4.78, 5) is 16.1. The molecule has 0 aliphatic rings. The highest BCUT2D eigenvalue weighted by atomic mass is 16.5. The summed E-state index contributed by atoms with van der Waals surface area (Å²) in [5.74, 6) is 1.24. The van der Waals surface area contributed by atoms with Gasteiger partial charge >= 0.3 is 5.97 Å². The smallest absolute Gasteiger partial charge is 0.313 e. The second kappa shape index (κ2) is 5.73. The number of nitrogens with zero attached hydrogens (tertiary/aromatic N) is 2. The summed E-state index contributed by atoms with van der Waals surface area (Å²) in [6.45, 7) is 4.97. The molecule has 0 radical (unpaired) electrons. The van der Waals surface area contributed by atoms with E-state index < -0.39 is 0 Å². The highest BCUT2D eigenvalue weighted by Gasteiger charge is 2.14. The van der Waals surface area contributed by atoms with Crippen molar-refractivity contribution >= 4 is 17.0 Å². The largest absolute Gasteiger partial charge is 0.497 e. The molecule has 0 spiro atoms. The van der Waals surface area contributed by atoms with Crippen molar-refractivity contribution in [1.82, 2.24) is 9.55 Å². The SMILES string of the molecule is CCOC(=O)Cc1nc2cc(OC)ccc2n1CC. The lowest BCUT2D eigenvalue weighted by Crippen LogP contribution is -2.12. The van der Waals surface area contributed by atoms with Gasteiger partial charge in [-0.2, -0.15) is 0 Å². The molecule has 0 saturated carbocycles. The number of hydrogen-bond acceptors (Lipinski definition) is 4. The Morgan fingerprint density at radius 2 is 2.16 bits per heavy atom. The summed E-state index contributed by atoms with van der Waals surface area (Å²) in [6, 6.07) is 5.72. The van der Waals surface area contributed by atoms with Gasteiger partial charge in [-0.1, -0.05) is 0 Å². The number of ether oxygens (including phenoxy) is 2. The van der Waals surface area contributed by atoms with E-state index in [9.17, 15) is 4.79 Å². The predicted octanol–water partition coefficient (Wildman–Crippen LogP) is 2.17. The van der Waals surface area contributed by atoms with Crippen LogP contribution in [0.3, 0.4) is 0 Å². The van der Waals surface area contributed by atoms with Crippen LogP contribution in [0.1, 0.15) is 19.7 Å². The van der Waals surface area contributed by atoms with Crippen molar-refractivity contribution in [2.24, 2.45) is 0 Å². The molecule has 5 heteroatoms. The summed E-state index contributed by atoms with van der Waals surface area (Å²) < 4.78 is 12.2. The molecule has 0 aliphatic carbocycles. The molecule has 2 rings (SSSR count). The number of fused-ring (bicyclic) bond motifs is 1. The van der Waals surface area contributed by atoms with Crippen molar-refractivity contribution in [2.45, 2.75) is 26.8 Å². The Kier molecular flexibility index (Phi) is 4.04. The lowest BCUT2D eigenvalue weighted by atomic mass is 10.3. The average molecular weight is 262 g/mol. The molecule has 1 aromatic carbocycles. The van der Waals surface area contributed by atoms with Crippen LogP contribution in [0.15, 0.2) is 18.2 Å². The Bertz CT molecular complexity index is 590. The van der Waals surface area contributed by atoms with Crippen molar-refractivity contribution in [2.75, 3.05) is 13.7 Å². The van der Waals surface area contributed by atoms with Gasteiger partial charge in [0.2, 0.25) is 0 Å². The van der Waals surface area contributed by atoms with Crippen LogP contribution in [0.5, 0.6) is 5.75 Å². The molecule has 0 atom stereocenters. The summed E-state index contributed by atoms with van der Waals surface area (Å²) in [6.07, 6.45) is 0.193. The van der Waals surface area contributed by atoms with Gasteiger partial charge in [-0.05, 0) is 26.0 Å². The van der Waals surface area contributed by atoms with Crippen molar-refractivity contribution in [3.05, 3.63) is 24.0 Å². The zero-order valence-electron chi connectivity index (χ0n) is 11.5. The van der Waals surface area contributed by atoms with E-state index >= 15 is 0 Å². The van der Waals surface area contributed by atoms with Gasteiger partial charge in [-0.3, -0.25) is 4.79 Å². The Morgan fingerprint density at radius 3 is 2.79 bits per heavy atom. The normalized spacial score (nSPS) is 10.7. The maximum atomic E-state index is 11.6. The minimum Gasteiger partial charge on any atom is -0.497 e. The van der Waals surface area contributed by atoms with Gasteiger partial charge < -0.3 is 14.0 Å². The summed E-state index contributed by atoms with van der Waals surface area (Å²) in [5, 5.41) is 0. The molecule has 0 N–H and O–H groups in total. The van der Waals surface area contributed by atoms with Crippen molar-refractivity contribution < 1.29 is 14.3 Å². The molecule has 0 bridgehead atoms. The molecule has 19 heavy (non-hydrogen) atoms. The molecule has 0 unspecified atom stereocenters. The number of aromatic nitrogens is 2. The van der Waals surface area contributed by atoms with E-state index in [0.29, 0.717) is 6.61 Å². The minimum absolute atomic E-state index is 0.193. The van der Waals surface area contributed by atoms with Crippen LogP contribution >= 0.6 is 0 Å². The van der Waals surface area contributed by atoms with E-state index in [1.54, 1.807) is 14.0 Å². The number of benzene rings is 1. The predicted molar refractivity (Wildman–Crippen MR) is 72.3 cm³/mol. The standard InChI is InChI=1S/C14H18N2O3/c1-4-16-12-7-6-10(18-3)8-11(12)15-13(16)9-14(17)19-5-2/h6-8H,4-5,9H2,1-3H3. The third kappa shape index (κ3) is 2.70. The molecule has 1 aromatic heterocycles. The average Bonchev–Trinajstić information content (AvgIpc) is 2.74. The van der Waals surface area contributed by atoms with Crippen LogP contribution < -0.4 is 4.74 Å². The van der Waals surface area contributed by atoms with Gasteiger partial charge in [-0.25, -0.2) is 4.98 Å². The summed E-state index contributed by atoms with van der Waals surface area (Å²) in [7, 11) is 1.62. The number of imidazole rings is 1. The number of esters is 1. The first-order valence-electron chi connectivity index (χ1n) is 6.38. The van der Waals surface area contributed by atoms with Gasteiger partial charge in [0, 0.05) is 12.6 Å². The first kappa shape index (κ1) is 13.4. The van der Waals surface area contributed by atoms with E-state index in [-0.39, 0.29) is 12.4 Å². The Hall–Kier alpha value is -2.04. The first-order chi connectivity index (χ1) is 9.19. The molecule has 0 fully saturated rings. The Balaban J connectivity index is 2.40. The van der Waals surface area contributed by atoms with E-state index in [4.69, 9.17) is 9.47 Å². The van der Waals surface area contributed by atoms with Gasteiger partial charge in [0.15, 0.2) is 0 Å². The van der Waals surface area contributed by atoms with Crippen LogP contribution in [0.4, 0.5) is 0 Å². The third-order valence-electron chi connectivity index (χ3n) is 2.96. The number of methoxy groups -OCH3 is 1. The second-order valence-corrected chi connectivity index (χ2v) is 4.11. The lowest BCUT2D eigenvalue weighted by Gasteiger charge is -2.05. The number of rotatable bonds is 5. The molecule has 2 aromatic rings. The van der Waals surface area contributed by atoms with E-state index in [0.717, 1.165) is 29.2 Å². The van der Waals surface area contributed by atoms with E-state index in [1.165, 1.54) is 0 Å². The number of hydrogen-bond donors (Lipinski definition) is 0. The summed E-state index contributed by atoms with van der Waals surface area (Å²) >= 11 is 0. The molecule has 1 heterocycles. The highest BCUT2D eigenvalue weighted by molar-refractivity contribution is 5.80. The molecule has 0 amide bonds. The van der Waals surface area contributed by atoms with Crippen molar-refractivity contribution in [3.8, 4) is 5.75 Å². The quantitative estimate of drug-likeness (QED) is 0.775. The van der Waals surface area contributed by atoms with Gasteiger partial charge in [0.1, 0.15) is 18.0 Å². The van der Waals surface area contributed by atoms with Crippen LogP contribution in [-0.4, -0.2) is 29.2 Å². The fourth-order valence-corrected chi connectivity index (χ4v) is 2.12. The van der Waals surface area contributed by atoms with Gasteiger partial charge in [-0.15, -0.1) is 0 Å². The number of aryl methyl sites for hydroxylation is 1. The maximum Gasteiger partial charge on any atom is 0.313 e. The molecular formula is C14H18N2O3. The number of carbonyl (C=O) groups excluding carboxylic acids is 1. The highest BCUT2D eigenvalue weighted by Crippen LogP contribution is 2.22. The van der Waals surface area contributed by atoms with E-state index in [2.05, 4.69) is 4.98 Å². The topological polar surface area (TPSA) is 53.4 Å². The molecule has 0 saturated heterocycles. The van der Waals surface area contributed by atoms with Crippen LogP contribution in [-0.2, 0) is 22.5 Å². The first-order valence-corrected chi connectivity index (χ1v) is 6.38. The van der Waals surface area contributed by atoms with Crippen LogP contribution in [0.2, 0.25) is 0 Å².